The molecule has 186 valence electrons. The highest BCUT2D eigenvalue weighted by atomic mass is 19.3. The molecule has 1 N–H and O–H groups in total. The van der Waals surface area contributed by atoms with Gasteiger partial charge in [0.1, 0.15) is 11.6 Å². The van der Waals surface area contributed by atoms with Crippen LogP contribution in [0.25, 0.3) is 22.0 Å². The van der Waals surface area contributed by atoms with Crippen molar-refractivity contribution in [3.63, 3.8) is 0 Å². The van der Waals surface area contributed by atoms with Crippen molar-refractivity contribution in [3.8, 4) is 17.0 Å². The highest BCUT2D eigenvalue weighted by Gasteiger charge is 2.18. The molecule has 1 saturated heterocycles. The summed E-state index contributed by atoms with van der Waals surface area (Å²) in [4.78, 5) is 24.1. The first-order chi connectivity index (χ1) is 17.5. The molecule has 1 amide bonds. The van der Waals surface area contributed by atoms with Crippen LogP contribution in [-0.2, 0) is 13.6 Å². The number of piperidine rings is 1. The third kappa shape index (κ3) is 5.33. The number of halogens is 2. The third-order valence-corrected chi connectivity index (χ3v) is 6.35. The van der Waals surface area contributed by atoms with Gasteiger partial charge >= 0.3 is 6.61 Å². The number of pyridine rings is 2. The lowest BCUT2D eigenvalue weighted by Crippen LogP contribution is -2.30. The number of amides is 1. The van der Waals surface area contributed by atoms with Crippen LogP contribution in [0.4, 0.5) is 14.6 Å². The van der Waals surface area contributed by atoms with Crippen LogP contribution in [0.5, 0.6) is 5.75 Å². The molecule has 0 unspecified atom stereocenters. The number of aryl methyl sites for hydroxylation is 1. The quantitative estimate of drug-likeness (QED) is 0.396. The van der Waals surface area contributed by atoms with E-state index in [-0.39, 0.29) is 5.75 Å². The highest BCUT2D eigenvalue weighted by molar-refractivity contribution is 6.04. The number of aromatic nitrogens is 4. The first-order valence-electron chi connectivity index (χ1n) is 11.8. The second-order valence-corrected chi connectivity index (χ2v) is 8.81. The summed E-state index contributed by atoms with van der Waals surface area (Å²) in [7, 11) is 1.95. The zero-order valence-corrected chi connectivity index (χ0v) is 19.8. The Balaban J connectivity index is 1.36. The van der Waals surface area contributed by atoms with Gasteiger partial charge in [-0.2, -0.15) is 13.9 Å². The Morgan fingerprint density at radius 3 is 2.53 bits per heavy atom. The maximum absolute atomic E-state index is 12.6. The number of carbonyl (C=O) groups is 1. The number of likely N-dealkylation sites (tertiary alicyclic amines) is 1. The fourth-order valence-electron chi connectivity index (χ4n) is 4.42. The number of ether oxygens (including phenoxy) is 1. The van der Waals surface area contributed by atoms with E-state index in [0.717, 1.165) is 47.4 Å². The number of hydrogen-bond donors (Lipinski definition) is 1. The van der Waals surface area contributed by atoms with Crippen molar-refractivity contribution in [2.75, 3.05) is 18.4 Å². The summed E-state index contributed by atoms with van der Waals surface area (Å²) in [6.45, 7) is 0.0851. The molecule has 36 heavy (non-hydrogen) atoms. The van der Waals surface area contributed by atoms with Crippen molar-refractivity contribution in [1.29, 1.82) is 0 Å². The van der Waals surface area contributed by atoms with Gasteiger partial charge in [-0.25, -0.2) is 4.98 Å². The Morgan fingerprint density at radius 2 is 1.78 bits per heavy atom. The van der Waals surface area contributed by atoms with Gasteiger partial charge in [0.05, 0.1) is 17.6 Å². The van der Waals surface area contributed by atoms with Gasteiger partial charge in [0.2, 0.25) is 0 Å². The summed E-state index contributed by atoms with van der Waals surface area (Å²) in [6.07, 6.45) is 8.99. The highest BCUT2D eigenvalue weighted by Crippen LogP contribution is 2.27. The Labute approximate surface area is 206 Å². The average Bonchev–Trinajstić information content (AvgIpc) is 3.24. The fraction of sp³-hybridized carbons (Fsp3) is 0.308. The van der Waals surface area contributed by atoms with Crippen LogP contribution in [0.15, 0.2) is 55.0 Å². The van der Waals surface area contributed by atoms with Gasteiger partial charge < -0.3 is 10.1 Å². The molecule has 5 rings (SSSR count). The number of benzene rings is 1. The maximum Gasteiger partial charge on any atom is 0.387 e. The Hall–Kier alpha value is -3.92. The van der Waals surface area contributed by atoms with Crippen LogP contribution in [0.2, 0.25) is 0 Å². The molecule has 4 heterocycles. The van der Waals surface area contributed by atoms with E-state index in [4.69, 9.17) is 0 Å². The van der Waals surface area contributed by atoms with E-state index in [9.17, 15) is 13.6 Å². The van der Waals surface area contributed by atoms with E-state index in [1.807, 2.05) is 24.0 Å². The maximum atomic E-state index is 12.6. The van der Waals surface area contributed by atoms with Gasteiger partial charge in [0.15, 0.2) is 0 Å². The van der Waals surface area contributed by atoms with Crippen molar-refractivity contribution in [1.82, 2.24) is 24.6 Å². The molecule has 8 nitrogen and oxygen atoms in total. The molecule has 1 aromatic carbocycles. The van der Waals surface area contributed by atoms with E-state index in [1.54, 1.807) is 18.5 Å². The summed E-state index contributed by atoms with van der Waals surface area (Å²) in [5, 5.41) is 8.95. The lowest BCUT2D eigenvalue weighted by molar-refractivity contribution is -0.0498. The number of anilines is 1. The summed E-state index contributed by atoms with van der Waals surface area (Å²) in [5.74, 6) is -0.0476. The molecular formula is C26H26F2N6O2. The smallest absolute Gasteiger partial charge is 0.387 e. The topological polar surface area (TPSA) is 85.2 Å². The van der Waals surface area contributed by atoms with Gasteiger partial charge in [0.25, 0.3) is 5.91 Å². The molecule has 1 aliphatic heterocycles. The molecule has 1 fully saturated rings. The molecule has 0 spiro atoms. The summed E-state index contributed by atoms with van der Waals surface area (Å²) < 4.78 is 30.9. The van der Waals surface area contributed by atoms with Gasteiger partial charge in [-0.15, -0.1) is 0 Å². The van der Waals surface area contributed by atoms with E-state index in [0.29, 0.717) is 11.4 Å². The van der Waals surface area contributed by atoms with Crippen molar-refractivity contribution in [3.05, 3.63) is 66.2 Å². The van der Waals surface area contributed by atoms with Crippen LogP contribution >= 0.6 is 0 Å². The fourth-order valence-corrected chi connectivity index (χ4v) is 4.42. The lowest BCUT2D eigenvalue weighted by atomic mass is 10.1. The third-order valence-electron chi connectivity index (χ3n) is 6.35. The van der Waals surface area contributed by atoms with E-state index < -0.39 is 12.5 Å². The monoisotopic (exact) mass is 492 g/mol. The average molecular weight is 493 g/mol. The number of nitrogens with one attached hydrogen (secondary N) is 1. The SMILES string of the molecule is Cn1ncc(-c2cc3cc(NC(=O)c4ccc(OC(F)F)cc4)ncc3cn2)c1CN1CCCCC1. The predicted molar refractivity (Wildman–Crippen MR) is 132 cm³/mol. The molecule has 0 radical (unpaired) electrons. The Kier molecular flexibility index (Phi) is 6.86. The lowest BCUT2D eigenvalue weighted by Gasteiger charge is -2.26. The van der Waals surface area contributed by atoms with E-state index >= 15 is 0 Å². The van der Waals surface area contributed by atoms with Crippen LogP contribution in [0.3, 0.4) is 0 Å². The predicted octanol–water partition coefficient (Wildman–Crippen LogP) is 4.87. The van der Waals surface area contributed by atoms with Gasteiger partial charge in [-0.05, 0) is 67.7 Å². The van der Waals surface area contributed by atoms with Crippen LogP contribution in [0, 0.1) is 0 Å². The van der Waals surface area contributed by atoms with Crippen molar-refractivity contribution >= 4 is 22.5 Å². The van der Waals surface area contributed by atoms with Crippen molar-refractivity contribution in [2.24, 2.45) is 7.05 Å². The Bertz CT molecular complexity index is 1370. The minimum atomic E-state index is -2.92. The number of fused-ring (bicyclic) bond motifs is 1. The Morgan fingerprint density at radius 1 is 1.03 bits per heavy atom. The number of rotatable bonds is 7. The number of alkyl halides is 2. The van der Waals surface area contributed by atoms with Crippen molar-refractivity contribution < 1.29 is 18.3 Å². The number of carbonyl (C=O) groups excluding carboxylic acids is 1. The number of nitrogens with zero attached hydrogens (tertiary/aromatic N) is 5. The molecule has 3 aromatic heterocycles. The first kappa shape index (κ1) is 23.8. The zero-order valence-electron chi connectivity index (χ0n) is 19.8. The number of hydrogen-bond acceptors (Lipinski definition) is 6. The molecule has 1 aliphatic rings. The normalized spacial score (nSPS) is 14.3. The minimum Gasteiger partial charge on any atom is -0.435 e. The molecular weight excluding hydrogens is 466 g/mol. The zero-order chi connectivity index (χ0) is 25.1. The van der Waals surface area contributed by atoms with Crippen molar-refractivity contribution in [2.45, 2.75) is 32.4 Å². The summed E-state index contributed by atoms with van der Waals surface area (Å²) in [6, 6.07) is 9.24. The van der Waals surface area contributed by atoms with Gasteiger partial charge in [-0.1, -0.05) is 6.42 Å². The van der Waals surface area contributed by atoms with E-state index in [1.165, 1.54) is 43.5 Å². The molecule has 0 aliphatic carbocycles. The van der Waals surface area contributed by atoms with Gasteiger partial charge in [0, 0.05) is 42.5 Å². The van der Waals surface area contributed by atoms with Crippen LogP contribution in [-0.4, -0.2) is 50.3 Å². The molecule has 0 bridgehead atoms. The second kappa shape index (κ2) is 10.4. The molecule has 4 aromatic rings. The first-order valence-corrected chi connectivity index (χ1v) is 11.8. The van der Waals surface area contributed by atoms with Crippen LogP contribution in [0.1, 0.15) is 35.3 Å². The standard InChI is InChI=1S/C26H26F2N6O2/c1-33-23(16-34-9-3-2-4-10-34)21(15-31-33)22-11-18-12-24(30-14-19(18)13-29-22)32-25(35)17-5-7-20(8-6-17)36-26(27)28/h5-8,11-15,26H,2-4,9-10,16H2,1H3,(H,30,32,35). The summed E-state index contributed by atoms with van der Waals surface area (Å²) >= 11 is 0. The van der Waals surface area contributed by atoms with Crippen LogP contribution < -0.4 is 10.1 Å². The second-order valence-electron chi connectivity index (χ2n) is 8.81. The largest absolute Gasteiger partial charge is 0.435 e. The molecule has 0 atom stereocenters. The van der Waals surface area contributed by atoms with Gasteiger partial charge in [-0.3, -0.25) is 19.4 Å². The summed E-state index contributed by atoms with van der Waals surface area (Å²) in [5.41, 5.74) is 3.21. The molecule has 0 saturated carbocycles. The van der Waals surface area contributed by atoms with E-state index in [2.05, 4.69) is 30.0 Å². The minimum absolute atomic E-state index is 0.0135. The molecule has 10 heteroatoms.